The van der Waals surface area contributed by atoms with E-state index in [9.17, 15) is 9.59 Å². The lowest BCUT2D eigenvalue weighted by atomic mass is 10.3. The average Bonchev–Trinajstić information content (AvgIpc) is 2.80. The van der Waals surface area contributed by atoms with Crippen LogP contribution in [0.4, 0.5) is 0 Å². The van der Waals surface area contributed by atoms with Crippen molar-refractivity contribution < 1.29 is 4.79 Å². The van der Waals surface area contributed by atoms with Crippen LogP contribution in [-0.2, 0) is 17.8 Å². The maximum absolute atomic E-state index is 12.5. The zero-order valence-corrected chi connectivity index (χ0v) is 11.6. The lowest BCUT2D eigenvalue weighted by Gasteiger charge is -2.08. The van der Waals surface area contributed by atoms with Gasteiger partial charge in [-0.15, -0.1) is 11.3 Å². The van der Waals surface area contributed by atoms with Crippen LogP contribution in [0.3, 0.4) is 0 Å². The van der Waals surface area contributed by atoms with E-state index < -0.39 is 5.91 Å². The number of carbonyl (C=O) groups excluding carboxylic acids is 1. The van der Waals surface area contributed by atoms with E-state index in [0.717, 1.165) is 10.2 Å². The third-order valence-corrected chi connectivity index (χ3v) is 4.15. The van der Waals surface area contributed by atoms with Gasteiger partial charge in [0.1, 0.15) is 21.9 Å². The molecule has 20 heavy (non-hydrogen) atoms. The monoisotopic (exact) mass is 288 g/mol. The number of rotatable bonds is 3. The fraction of sp³-hybridized carbons (Fsp3) is 0.231. The predicted molar refractivity (Wildman–Crippen MR) is 77.8 cm³/mol. The van der Waals surface area contributed by atoms with Gasteiger partial charge in [0.2, 0.25) is 5.91 Å². The first-order chi connectivity index (χ1) is 9.61. The number of primary amides is 1. The molecular weight excluding hydrogens is 276 g/mol. The highest BCUT2D eigenvalue weighted by Gasteiger charge is 2.16. The van der Waals surface area contributed by atoms with Gasteiger partial charge in [-0.05, 0) is 12.1 Å². The number of fused-ring (bicyclic) bond motifs is 3. The van der Waals surface area contributed by atoms with E-state index >= 15 is 0 Å². The molecule has 0 unspecified atom stereocenters. The lowest BCUT2D eigenvalue weighted by molar-refractivity contribution is -0.118. The minimum absolute atomic E-state index is 0.146. The molecule has 2 N–H and O–H groups in total. The summed E-state index contributed by atoms with van der Waals surface area (Å²) in [6, 6.07) is 3.71. The van der Waals surface area contributed by atoms with Crippen molar-refractivity contribution in [3.05, 3.63) is 34.5 Å². The number of nitrogens with two attached hydrogens (primary N) is 1. The molecule has 3 heterocycles. The first kappa shape index (κ1) is 12.7. The Morgan fingerprint density at radius 3 is 3.00 bits per heavy atom. The Morgan fingerprint density at radius 1 is 1.50 bits per heavy atom. The highest BCUT2D eigenvalue weighted by molar-refractivity contribution is 7.25. The molecule has 0 spiro atoms. The summed E-state index contributed by atoms with van der Waals surface area (Å²) in [6.07, 6.45) is 2.23. The molecule has 7 heteroatoms. The smallest absolute Gasteiger partial charge is 0.272 e. The van der Waals surface area contributed by atoms with Crippen LogP contribution in [0.2, 0.25) is 0 Å². The maximum atomic E-state index is 12.5. The van der Waals surface area contributed by atoms with Crippen LogP contribution in [0, 0.1) is 0 Å². The molecule has 102 valence electrons. The normalized spacial score (nSPS) is 11.2. The summed E-state index contributed by atoms with van der Waals surface area (Å²) in [6.45, 7) is 1.74. The zero-order valence-electron chi connectivity index (χ0n) is 10.8. The van der Waals surface area contributed by atoms with Gasteiger partial charge < -0.3 is 5.73 Å². The van der Waals surface area contributed by atoms with Gasteiger partial charge in [0.15, 0.2) is 0 Å². The number of hydrogen-bond acceptors (Lipinski definition) is 5. The van der Waals surface area contributed by atoms with Crippen LogP contribution in [0.25, 0.3) is 20.4 Å². The van der Waals surface area contributed by atoms with Crippen molar-refractivity contribution >= 4 is 37.7 Å². The SMILES string of the molecule is CCc1nc2c(sc3ncccc32)c(=O)n1CC(N)=O. The Kier molecular flexibility index (Phi) is 2.98. The van der Waals surface area contributed by atoms with E-state index in [4.69, 9.17) is 5.73 Å². The van der Waals surface area contributed by atoms with Gasteiger partial charge >= 0.3 is 0 Å². The Hall–Kier alpha value is -2.28. The fourth-order valence-corrected chi connectivity index (χ4v) is 3.23. The van der Waals surface area contributed by atoms with E-state index in [-0.39, 0.29) is 12.1 Å². The van der Waals surface area contributed by atoms with Crippen LogP contribution in [0.5, 0.6) is 0 Å². The van der Waals surface area contributed by atoms with Crippen LogP contribution in [0.15, 0.2) is 23.1 Å². The largest absolute Gasteiger partial charge is 0.368 e. The molecule has 0 fully saturated rings. The molecule has 0 bridgehead atoms. The van der Waals surface area contributed by atoms with E-state index in [2.05, 4.69) is 9.97 Å². The van der Waals surface area contributed by atoms with Crippen molar-refractivity contribution in [2.45, 2.75) is 19.9 Å². The molecule has 0 aliphatic carbocycles. The second-order valence-electron chi connectivity index (χ2n) is 4.38. The molecule has 3 aromatic rings. The number of amides is 1. The summed E-state index contributed by atoms with van der Waals surface area (Å²) < 4.78 is 1.86. The molecule has 1 amide bonds. The lowest BCUT2D eigenvalue weighted by Crippen LogP contribution is -2.30. The molecule has 0 aliphatic heterocycles. The van der Waals surface area contributed by atoms with Crippen molar-refractivity contribution in [3.63, 3.8) is 0 Å². The number of nitrogens with zero attached hydrogens (tertiary/aromatic N) is 3. The Bertz CT molecular complexity index is 881. The highest BCUT2D eigenvalue weighted by Crippen LogP contribution is 2.28. The number of aryl methyl sites for hydroxylation is 1. The Labute approximate surface area is 117 Å². The first-order valence-electron chi connectivity index (χ1n) is 6.17. The fourth-order valence-electron chi connectivity index (χ4n) is 2.19. The van der Waals surface area contributed by atoms with Crippen LogP contribution in [-0.4, -0.2) is 20.4 Å². The van der Waals surface area contributed by atoms with Gasteiger partial charge in [-0.2, -0.15) is 0 Å². The summed E-state index contributed by atoms with van der Waals surface area (Å²) in [5, 5.41) is 0.866. The van der Waals surface area contributed by atoms with Gasteiger partial charge in [-0.1, -0.05) is 6.92 Å². The van der Waals surface area contributed by atoms with E-state index in [0.29, 0.717) is 22.5 Å². The quantitative estimate of drug-likeness (QED) is 0.780. The van der Waals surface area contributed by atoms with E-state index in [1.807, 2.05) is 19.1 Å². The van der Waals surface area contributed by atoms with E-state index in [1.54, 1.807) is 6.20 Å². The highest BCUT2D eigenvalue weighted by atomic mass is 32.1. The Morgan fingerprint density at radius 2 is 2.30 bits per heavy atom. The topological polar surface area (TPSA) is 90.9 Å². The second kappa shape index (κ2) is 4.68. The summed E-state index contributed by atoms with van der Waals surface area (Å²) in [5.74, 6) is 0.00652. The molecule has 0 atom stereocenters. The second-order valence-corrected chi connectivity index (χ2v) is 5.37. The summed E-state index contributed by atoms with van der Waals surface area (Å²) in [7, 11) is 0. The van der Waals surface area contributed by atoms with Crippen molar-refractivity contribution in [3.8, 4) is 0 Å². The minimum Gasteiger partial charge on any atom is -0.368 e. The van der Waals surface area contributed by atoms with E-state index in [1.165, 1.54) is 15.9 Å². The average molecular weight is 288 g/mol. The van der Waals surface area contributed by atoms with Gasteiger partial charge in [0.25, 0.3) is 5.56 Å². The molecule has 6 nitrogen and oxygen atoms in total. The molecule has 0 saturated heterocycles. The Balaban J connectivity index is 2.42. The molecule has 3 aromatic heterocycles. The molecule has 0 radical (unpaired) electrons. The molecular formula is C13H12N4O2S. The van der Waals surface area contributed by atoms with Crippen LogP contribution >= 0.6 is 11.3 Å². The summed E-state index contributed by atoms with van der Waals surface area (Å²) >= 11 is 1.29. The third-order valence-electron chi connectivity index (χ3n) is 3.06. The minimum atomic E-state index is -0.554. The van der Waals surface area contributed by atoms with Crippen molar-refractivity contribution in [2.24, 2.45) is 5.73 Å². The van der Waals surface area contributed by atoms with Crippen molar-refractivity contribution in [2.75, 3.05) is 0 Å². The van der Waals surface area contributed by atoms with Crippen LogP contribution in [0.1, 0.15) is 12.7 Å². The maximum Gasteiger partial charge on any atom is 0.272 e. The standard InChI is InChI=1S/C13H12N4O2S/c1-2-9-16-10-7-4-3-5-15-12(7)20-11(10)13(19)17(9)6-8(14)18/h3-5H,2,6H2,1H3,(H2,14,18). The first-order valence-corrected chi connectivity index (χ1v) is 6.98. The molecule has 3 rings (SSSR count). The number of pyridine rings is 1. The number of hydrogen-bond donors (Lipinski definition) is 1. The van der Waals surface area contributed by atoms with Gasteiger partial charge in [-0.3, -0.25) is 14.2 Å². The van der Waals surface area contributed by atoms with Crippen molar-refractivity contribution in [1.29, 1.82) is 0 Å². The van der Waals surface area contributed by atoms with Crippen LogP contribution < -0.4 is 11.3 Å². The van der Waals surface area contributed by atoms with Gasteiger partial charge in [-0.25, -0.2) is 9.97 Å². The predicted octanol–water partition coefficient (Wildman–Crippen LogP) is 1.05. The summed E-state index contributed by atoms with van der Waals surface area (Å²) in [4.78, 5) is 33.2. The van der Waals surface area contributed by atoms with Gasteiger partial charge in [0, 0.05) is 18.0 Å². The third kappa shape index (κ3) is 1.87. The van der Waals surface area contributed by atoms with Crippen molar-refractivity contribution in [1.82, 2.24) is 14.5 Å². The number of thiophene rings is 1. The molecule has 0 aromatic carbocycles. The van der Waals surface area contributed by atoms with Gasteiger partial charge in [0.05, 0.1) is 5.52 Å². The summed E-state index contributed by atoms with van der Waals surface area (Å²) in [5.41, 5.74) is 5.63. The number of carbonyl (C=O) groups is 1. The number of aromatic nitrogens is 3. The molecule has 0 saturated carbocycles. The molecule has 0 aliphatic rings. The zero-order chi connectivity index (χ0) is 14.3.